The monoisotopic (exact) mass is 423 g/mol. The second kappa shape index (κ2) is 7.96. The highest BCUT2D eigenvalue weighted by Crippen LogP contribution is 2.38. The van der Waals surface area contributed by atoms with Crippen LogP contribution in [0.25, 0.3) is 0 Å². The van der Waals surface area contributed by atoms with Crippen molar-refractivity contribution >= 4 is 22.6 Å². The Hall–Kier alpha value is -1.12. The average Bonchev–Trinajstić information content (AvgIpc) is 2.46. The van der Waals surface area contributed by atoms with Crippen molar-refractivity contribution in [3.05, 3.63) is 29.8 Å². The molecule has 0 bridgehead atoms. The lowest BCUT2D eigenvalue weighted by atomic mass is 9.94. The molecule has 0 radical (unpaired) electrons. The fraction of sp³-hybridized carbons (Fsp3) is 0.682. The van der Waals surface area contributed by atoms with Gasteiger partial charge in [-0.1, -0.05) is 53.7 Å². The molecule has 1 aromatic carbocycles. The molecule has 160 valence electrons. The summed E-state index contributed by atoms with van der Waals surface area (Å²) in [4.78, 5) is 12.8. The molecule has 1 unspecified atom stereocenters. The van der Waals surface area contributed by atoms with Crippen molar-refractivity contribution in [1.29, 1.82) is 0 Å². The minimum Gasteiger partial charge on any atom is -0.544 e. The lowest BCUT2D eigenvalue weighted by Crippen LogP contribution is -2.54. The van der Waals surface area contributed by atoms with Crippen LogP contribution in [0.1, 0.15) is 54.0 Å². The van der Waals surface area contributed by atoms with Gasteiger partial charge in [-0.25, -0.2) is 0 Å². The third-order valence-electron chi connectivity index (χ3n) is 6.29. The van der Waals surface area contributed by atoms with Crippen LogP contribution in [0, 0.1) is 0 Å². The van der Waals surface area contributed by atoms with Crippen molar-refractivity contribution in [3.8, 4) is 5.75 Å². The maximum atomic E-state index is 12.8. The maximum Gasteiger partial charge on any atom is 0.312 e. The van der Waals surface area contributed by atoms with E-state index >= 15 is 0 Å². The molecule has 28 heavy (non-hydrogen) atoms. The summed E-state index contributed by atoms with van der Waals surface area (Å²) in [6.45, 7) is 23.3. The normalized spacial score (nSPS) is 15.7. The van der Waals surface area contributed by atoms with E-state index in [0.717, 1.165) is 11.3 Å². The first-order valence-electron chi connectivity index (χ1n) is 10.1. The second-order valence-corrected chi connectivity index (χ2v) is 20.7. The topological polar surface area (TPSA) is 61.5 Å². The quantitative estimate of drug-likeness (QED) is 0.580. The lowest BCUT2D eigenvalue weighted by Gasteiger charge is -2.38. The van der Waals surface area contributed by atoms with Crippen LogP contribution in [-0.4, -0.2) is 28.1 Å². The zero-order chi connectivity index (χ0) is 22.2. The number of hydrogen-bond acceptors (Lipinski definition) is 4. The Morgan fingerprint density at radius 1 is 0.857 bits per heavy atom. The van der Waals surface area contributed by atoms with Gasteiger partial charge in [0.2, 0.25) is 8.32 Å². The first-order valence-corrected chi connectivity index (χ1v) is 15.9. The van der Waals surface area contributed by atoms with Gasteiger partial charge in [0.1, 0.15) is 11.3 Å². The summed E-state index contributed by atoms with van der Waals surface area (Å²) in [6, 6.07) is 7.94. The Balaban J connectivity index is 2.86. The summed E-state index contributed by atoms with van der Waals surface area (Å²) in [7, 11) is -4.06. The van der Waals surface area contributed by atoms with E-state index in [1.165, 1.54) is 0 Å². The van der Waals surface area contributed by atoms with Crippen LogP contribution < -0.4 is 10.2 Å². The first-order chi connectivity index (χ1) is 12.3. The molecule has 4 nitrogen and oxygen atoms in total. The van der Waals surface area contributed by atoms with E-state index in [-0.39, 0.29) is 16.0 Å². The SMILES string of the molecule is CC(N)(Cc1ccc(O[Si](C)(C)C(C)(C)C)cc1)C(=O)O[Si](C)(C)C(C)(C)C. The molecule has 0 aromatic heterocycles. The smallest absolute Gasteiger partial charge is 0.312 e. The number of carbonyl (C=O) groups is 1. The molecule has 0 aliphatic rings. The molecule has 2 N–H and O–H groups in total. The highest BCUT2D eigenvalue weighted by Gasteiger charge is 2.44. The zero-order valence-electron chi connectivity index (χ0n) is 19.8. The van der Waals surface area contributed by atoms with Crippen LogP contribution in [-0.2, 0) is 15.6 Å². The Morgan fingerprint density at radius 2 is 1.29 bits per heavy atom. The molecule has 1 atom stereocenters. The molecular weight excluding hydrogens is 382 g/mol. The van der Waals surface area contributed by atoms with Crippen molar-refractivity contribution in [2.45, 2.75) is 96.7 Å². The van der Waals surface area contributed by atoms with Crippen LogP contribution in [0.5, 0.6) is 5.75 Å². The molecule has 0 spiro atoms. The van der Waals surface area contributed by atoms with Gasteiger partial charge in [0, 0.05) is 6.42 Å². The molecule has 0 aliphatic carbocycles. The molecule has 0 aliphatic heterocycles. The zero-order valence-corrected chi connectivity index (χ0v) is 21.8. The Bertz CT molecular complexity index is 681. The van der Waals surface area contributed by atoms with Crippen LogP contribution >= 0.6 is 0 Å². The molecular formula is C22H41NO3Si2. The number of hydrogen-bond donors (Lipinski definition) is 1. The molecule has 1 aromatic rings. The van der Waals surface area contributed by atoms with Crippen molar-refractivity contribution in [2.75, 3.05) is 0 Å². The third-order valence-corrected chi connectivity index (χ3v) is 15.0. The predicted octanol–water partition coefficient (Wildman–Crippen LogP) is 5.88. The van der Waals surface area contributed by atoms with E-state index in [0.29, 0.717) is 6.42 Å². The van der Waals surface area contributed by atoms with Crippen LogP contribution in [0.2, 0.25) is 36.3 Å². The fourth-order valence-electron chi connectivity index (χ4n) is 2.12. The molecule has 0 fully saturated rings. The third kappa shape index (κ3) is 6.19. The van der Waals surface area contributed by atoms with Crippen molar-refractivity contribution in [1.82, 2.24) is 0 Å². The summed E-state index contributed by atoms with van der Waals surface area (Å²) >= 11 is 0. The minimum atomic E-state index is -2.19. The largest absolute Gasteiger partial charge is 0.544 e. The van der Waals surface area contributed by atoms with E-state index < -0.39 is 22.2 Å². The van der Waals surface area contributed by atoms with E-state index in [1.807, 2.05) is 24.3 Å². The van der Waals surface area contributed by atoms with E-state index in [2.05, 4.69) is 67.7 Å². The van der Waals surface area contributed by atoms with Gasteiger partial charge < -0.3 is 14.6 Å². The predicted molar refractivity (Wildman–Crippen MR) is 124 cm³/mol. The molecule has 0 amide bonds. The van der Waals surface area contributed by atoms with Gasteiger partial charge in [0.25, 0.3) is 8.32 Å². The Kier molecular flexibility index (Phi) is 7.08. The number of rotatable bonds is 6. The summed E-state index contributed by atoms with van der Waals surface area (Å²) in [5.74, 6) is 0.554. The molecule has 1 rings (SSSR count). The summed E-state index contributed by atoms with van der Waals surface area (Å²) in [5, 5.41) is 0.108. The van der Waals surface area contributed by atoms with E-state index in [4.69, 9.17) is 14.6 Å². The van der Waals surface area contributed by atoms with Crippen molar-refractivity contribution in [3.63, 3.8) is 0 Å². The maximum absolute atomic E-state index is 12.8. The van der Waals surface area contributed by atoms with E-state index in [9.17, 15) is 4.79 Å². The van der Waals surface area contributed by atoms with Crippen LogP contribution in [0.4, 0.5) is 0 Å². The van der Waals surface area contributed by atoms with Crippen molar-refractivity contribution in [2.24, 2.45) is 5.73 Å². The van der Waals surface area contributed by atoms with Gasteiger partial charge in [-0.2, -0.15) is 0 Å². The highest BCUT2D eigenvalue weighted by molar-refractivity contribution is 6.75. The number of nitrogens with two attached hydrogens (primary N) is 1. The highest BCUT2D eigenvalue weighted by atomic mass is 28.4. The first kappa shape index (κ1) is 24.9. The lowest BCUT2D eigenvalue weighted by molar-refractivity contribution is -0.141. The average molecular weight is 424 g/mol. The van der Waals surface area contributed by atoms with Crippen molar-refractivity contribution < 1.29 is 13.6 Å². The fourth-order valence-corrected chi connectivity index (χ4v) is 4.16. The minimum absolute atomic E-state index is 0.0402. The second-order valence-electron chi connectivity index (χ2n) is 11.3. The molecule has 6 heteroatoms. The standard InChI is InChI=1S/C22H41NO3Si2/c1-20(2,3)27(8,9)25-18-14-12-17(13-15-18)16-22(7,23)19(24)26-28(10,11)21(4,5)6/h12-15H,16,23H2,1-11H3. The molecule has 0 heterocycles. The Morgan fingerprint density at radius 3 is 1.68 bits per heavy atom. The Labute approximate surface area is 174 Å². The summed E-state index contributed by atoms with van der Waals surface area (Å²) < 4.78 is 12.2. The molecule has 0 saturated carbocycles. The number of carbonyl (C=O) groups excluding carboxylic acids is 1. The summed E-state index contributed by atoms with van der Waals surface area (Å²) in [6.07, 6.45) is 0.431. The summed E-state index contributed by atoms with van der Waals surface area (Å²) in [5.41, 5.74) is 6.30. The van der Waals surface area contributed by atoms with Crippen LogP contribution in [0.3, 0.4) is 0 Å². The molecule has 0 saturated heterocycles. The van der Waals surface area contributed by atoms with Gasteiger partial charge in [-0.05, 0) is 60.9 Å². The van der Waals surface area contributed by atoms with Gasteiger partial charge in [0.05, 0.1) is 0 Å². The van der Waals surface area contributed by atoms with Gasteiger partial charge in [0.15, 0.2) is 0 Å². The van der Waals surface area contributed by atoms with Gasteiger partial charge >= 0.3 is 5.97 Å². The van der Waals surface area contributed by atoms with E-state index in [1.54, 1.807) is 6.92 Å². The number of benzene rings is 1. The van der Waals surface area contributed by atoms with Gasteiger partial charge in [-0.15, -0.1) is 0 Å². The van der Waals surface area contributed by atoms with Gasteiger partial charge in [-0.3, -0.25) is 4.79 Å². The van der Waals surface area contributed by atoms with Crippen LogP contribution in [0.15, 0.2) is 24.3 Å².